The number of hydrogen-bond donors (Lipinski definition) is 2. The highest BCUT2D eigenvalue weighted by molar-refractivity contribution is 5.42. The van der Waals surface area contributed by atoms with Crippen molar-refractivity contribution in [2.24, 2.45) is 0 Å². The molecule has 15 heavy (non-hydrogen) atoms. The van der Waals surface area contributed by atoms with E-state index < -0.39 is 0 Å². The van der Waals surface area contributed by atoms with Crippen LogP contribution in [0.25, 0.3) is 0 Å². The second kappa shape index (κ2) is 5.09. The van der Waals surface area contributed by atoms with Crippen LogP contribution in [0.1, 0.15) is 5.56 Å². The topological polar surface area (TPSA) is 40.2 Å². The van der Waals surface area contributed by atoms with Crippen molar-refractivity contribution >= 4 is 5.82 Å². The fourth-order valence-corrected chi connectivity index (χ4v) is 1.90. The van der Waals surface area contributed by atoms with E-state index in [9.17, 15) is 0 Å². The van der Waals surface area contributed by atoms with Crippen LogP contribution in [0, 0.1) is 0 Å². The van der Waals surface area contributed by atoms with Gasteiger partial charge >= 0.3 is 0 Å². The first-order valence-corrected chi connectivity index (χ1v) is 5.45. The van der Waals surface area contributed by atoms with Gasteiger partial charge in [-0.05, 0) is 6.07 Å². The van der Waals surface area contributed by atoms with Crippen LogP contribution in [0.2, 0.25) is 0 Å². The van der Waals surface area contributed by atoms with Gasteiger partial charge in [-0.15, -0.1) is 0 Å². The van der Waals surface area contributed by atoms with Gasteiger partial charge in [0, 0.05) is 51.5 Å². The number of piperazine rings is 1. The van der Waals surface area contributed by atoms with Crippen LogP contribution in [0.4, 0.5) is 5.82 Å². The van der Waals surface area contributed by atoms with E-state index in [1.54, 1.807) is 0 Å². The molecule has 1 aromatic heterocycles. The van der Waals surface area contributed by atoms with Gasteiger partial charge in [0.15, 0.2) is 0 Å². The van der Waals surface area contributed by atoms with Crippen molar-refractivity contribution in [3.05, 3.63) is 23.9 Å². The largest absolute Gasteiger partial charge is 0.373 e. The number of anilines is 1. The molecule has 0 aliphatic carbocycles. The number of nitrogens with one attached hydrogen (secondary N) is 2. The Bertz CT molecular complexity index is 307. The third-order valence-electron chi connectivity index (χ3n) is 2.73. The third-order valence-corrected chi connectivity index (χ3v) is 2.73. The van der Waals surface area contributed by atoms with Crippen LogP contribution in [0.3, 0.4) is 0 Å². The molecule has 2 rings (SSSR count). The van der Waals surface area contributed by atoms with Crippen LogP contribution in [0.5, 0.6) is 0 Å². The molecule has 0 unspecified atom stereocenters. The Kier molecular flexibility index (Phi) is 3.53. The van der Waals surface area contributed by atoms with E-state index >= 15 is 0 Å². The number of hydrogen-bond acceptors (Lipinski definition) is 4. The Balaban J connectivity index is 2.02. The highest BCUT2D eigenvalue weighted by Crippen LogP contribution is 2.13. The van der Waals surface area contributed by atoms with Crippen molar-refractivity contribution in [1.82, 2.24) is 15.2 Å². The fraction of sp³-hybridized carbons (Fsp3) is 0.545. The average Bonchev–Trinajstić information content (AvgIpc) is 2.31. The Morgan fingerprint density at radius 2 is 2.27 bits per heavy atom. The minimum atomic E-state index is 0.992. The van der Waals surface area contributed by atoms with E-state index in [-0.39, 0.29) is 0 Å². The molecule has 1 aliphatic rings. The lowest BCUT2D eigenvalue weighted by molar-refractivity contribution is 0.233. The summed E-state index contributed by atoms with van der Waals surface area (Å²) in [7, 11) is 1.92. The monoisotopic (exact) mass is 206 g/mol. The van der Waals surface area contributed by atoms with Gasteiger partial charge in [-0.2, -0.15) is 0 Å². The predicted molar refractivity (Wildman–Crippen MR) is 61.9 cm³/mol. The first-order chi connectivity index (χ1) is 7.40. The van der Waals surface area contributed by atoms with Crippen LogP contribution >= 0.6 is 0 Å². The van der Waals surface area contributed by atoms with E-state index in [1.807, 2.05) is 19.3 Å². The van der Waals surface area contributed by atoms with Gasteiger partial charge in [-0.1, -0.05) is 6.07 Å². The lowest BCUT2D eigenvalue weighted by atomic mass is 10.2. The smallest absolute Gasteiger partial charge is 0.130 e. The Morgan fingerprint density at radius 1 is 1.47 bits per heavy atom. The lowest BCUT2D eigenvalue weighted by Gasteiger charge is -2.27. The summed E-state index contributed by atoms with van der Waals surface area (Å²) in [4.78, 5) is 6.76. The molecule has 2 N–H and O–H groups in total. The normalized spacial score (nSPS) is 17.7. The summed E-state index contributed by atoms with van der Waals surface area (Å²) in [5.74, 6) is 0.996. The molecule has 0 atom stereocenters. The molecule has 1 aliphatic heterocycles. The zero-order valence-electron chi connectivity index (χ0n) is 9.16. The highest BCUT2D eigenvalue weighted by Gasteiger charge is 2.11. The second-order valence-electron chi connectivity index (χ2n) is 3.79. The van der Waals surface area contributed by atoms with Crippen molar-refractivity contribution in [3.8, 4) is 0 Å². The molecule has 4 heteroatoms. The predicted octanol–water partition coefficient (Wildman–Crippen LogP) is 0.528. The first kappa shape index (κ1) is 10.4. The second-order valence-corrected chi connectivity index (χ2v) is 3.79. The maximum Gasteiger partial charge on any atom is 0.130 e. The molecule has 0 spiro atoms. The van der Waals surface area contributed by atoms with E-state index in [1.165, 1.54) is 5.56 Å². The van der Waals surface area contributed by atoms with E-state index in [4.69, 9.17) is 0 Å². The van der Waals surface area contributed by atoms with Gasteiger partial charge in [-0.25, -0.2) is 4.98 Å². The minimum Gasteiger partial charge on any atom is -0.373 e. The Morgan fingerprint density at radius 3 is 3.00 bits per heavy atom. The van der Waals surface area contributed by atoms with Gasteiger partial charge in [0.25, 0.3) is 0 Å². The van der Waals surface area contributed by atoms with Crippen LogP contribution < -0.4 is 10.6 Å². The van der Waals surface area contributed by atoms with Crippen molar-refractivity contribution in [1.29, 1.82) is 0 Å². The number of nitrogens with zero attached hydrogens (tertiary/aromatic N) is 2. The van der Waals surface area contributed by atoms with Crippen molar-refractivity contribution < 1.29 is 0 Å². The molecule has 2 heterocycles. The molecule has 0 aromatic carbocycles. The summed E-state index contributed by atoms with van der Waals surface area (Å²) < 4.78 is 0. The van der Waals surface area contributed by atoms with Crippen LogP contribution in [-0.2, 0) is 6.54 Å². The number of rotatable bonds is 3. The van der Waals surface area contributed by atoms with Crippen molar-refractivity contribution in [2.45, 2.75) is 6.54 Å². The zero-order valence-corrected chi connectivity index (χ0v) is 9.16. The van der Waals surface area contributed by atoms with Crippen LogP contribution in [-0.4, -0.2) is 43.1 Å². The fourth-order valence-electron chi connectivity index (χ4n) is 1.90. The Hall–Kier alpha value is -1.13. The molecule has 1 saturated heterocycles. The van der Waals surface area contributed by atoms with Gasteiger partial charge < -0.3 is 10.6 Å². The van der Waals surface area contributed by atoms with Gasteiger partial charge in [0.2, 0.25) is 0 Å². The number of aromatic nitrogens is 1. The summed E-state index contributed by atoms with van der Waals surface area (Å²) in [6.45, 7) is 5.42. The molecule has 0 saturated carbocycles. The minimum absolute atomic E-state index is 0.992. The van der Waals surface area contributed by atoms with Gasteiger partial charge in [0.1, 0.15) is 5.82 Å². The summed E-state index contributed by atoms with van der Waals surface area (Å²) in [6.07, 6.45) is 1.83. The molecule has 0 radical (unpaired) electrons. The van der Waals surface area contributed by atoms with E-state index in [2.05, 4.69) is 26.6 Å². The van der Waals surface area contributed by atoms with Gasteiger partial charge in [-0.3, -0.25) is 4.90 Å². The SMILES string of the molecule is CNc1ncccc1CN1CCNCC1. The molecule has 0 bridgehead atoms. The first-order valence-electron chi connectivity index (χ1n) is 5.45. The molecule has 1 fully saturated rings. The molecule has 1 aromatic rings. The quantitative estimate of drug-likeness (QED) is 0.757. The summed E-state index contributed by atoms with van der Waals surface area (Å²) in [5, 5.41) is 6.49. The summed E-state index contributed by atoms with van der Waals surface area (Å²) in [5.41, 5.74) is 1.28. The Labute approximate surface area is 90.7 Å². The molecule has 0 amide bonds. The van der Waals surface area contributed by atoms with E-state index in [0.29, 0.717) is 0 Å². The lowest BCUT2D eigenvalue weighted by Crippen LogP contribution is -2.43. The molecular weight excluding hydrogens is 188 g/mol. The molecular formula is C11H18N4. The molecule has 4 nitrogen and oxygen atoms in total. The zero-order chi connectivity index (χ0) is 10.5. The van der Waals surface area contributed by atoms with Crippen molar-refractivity contribution in [2.75, 3.05) is 38.5 Å². The maximum absolute atomic E-state index is 4.31. The summed E-state index contributed by atoms with van der Waals surface area (Å²) in [6, 6.07) is 4.14. The molecule has 82 valence electrons. The van der Waals surface area contributed by atoms with Crippen molar-refractivity contribution in [3.63, 3.8) is 0 Å². The highest BCUT2D eigenvalue weighted by atomic mass is 15.2. The standard InChI is InChI=1S/C11H18N4/c1-12-11-10(3-2-4-14-11)9-15-7-5-13-6-8-15/h2-4,13H,5-9H2,1H3,(H,12,14). The van der Waals surface area contributed by atoms with E-state index in [0.717, 1.165) is 38.5 Å². The number of pyridine rings is 1. The third kappa shape index (κ3) is 2.67. The van der Waals surface area contributed by atoms with Gasteiger partial charge in [0.05, 0.1) is 0 Å². The summed E-state index contributed by atoms with van der Waals surface area (Å²) >= 11 is 0. The van der Waals surface area contributed by atoms with Crippen LogP contribution in [0.15, 0.2) is 18.3 Å². The maximum atomic E-state index is 4.31. The average molecular weight is 206 g/mol.